The molecule has 4 atom stereocenters. The van der Waals surface area contributed by atoms with E-state index in [4.69, 9.17) is 0 Å². The molecular weight excluding hydrogens is 163 g/mol. The van der Waals surface area contributed by atoms with Crippen LogP contribution in [0.1, 0.15) is 26.2 Å². The van der Waals surface area contributed by atoms with E-state index in [1.165, 1.54) is 12.8 Å². The van der Waals surface area contributed by atoms with Gasteiger partial charge in [0.15, 0.2) is 0 Å². The third kappa shape index (κ3) is 2.11. The van der Waals surface area contributed by atoms with Gasteiger partial charge in [-0.1, -0.05) is 15.4 Å². The van der Waals surface area contributed by atoms with Crippen molar-refractivity contribution in [3.63, 3.8) is 0 Å². The van der Waals surface area contributed by atoms with Crippen molar-refractivity contribution in [3.05, 3.63) is 0 Å². The van der Waals surface area contributed by atoms with Gasteiger partial charge in [-0.05, 0) is 25.2 Å². The molecule has 3 heteroatoms. The first-order valence-electron chi connectivity index (χ1n) is 3.77. The minimum Gasteiger partial charge on any atom is -0.392 e. The maximum atomic E-state index is 9.51. The summed E-state index contributed by atoms with van der Waals surface area (Å²) >= 11 is 1.72. The molecule has 0 saturated heterocycles. The summed E-state index contributed by atoms with van der Waals surface area (Å²) in [5.74, 6) is 0.725. The van der Waals surface area contributed by atoms with Gasteiger partial charge in [-0.15, -0.1) is 11.4 Å². The Kier molecular flexibility index (Phi) is 3.48. The van der Waals surface area contributed by atoms with E-state index in [9.17, 15) is 5.11 Å². The maximum absolute atomic E-state index is 9.51. The fraction of sp³-hybridized carbons (Fsp3) is 1.00. The van der Waals surface area contributed by atoms with Crippen molar-refractivity contribution in [2.45, 2.75) is 37.5 Å². The van der Waals surface area contributed by atoms with Crippen molar-refractivity contribution in [1.29, 1.82) is 0 Å². The molecule has 60 valence electrons. The maximum Gasteiger partial charge on any atom is 0.0664 e. The standard InChI is InChI=1S/C7H15OPS/c1-5-2-3-7(10-9)6(8)4-5/h5-8H,2-4,9H2,1H3/t5-,6-,7-/m1/s1. The van der Waals surface area contributed by atoms with E-state index >= 15 is 0 Å². The van der Waals surface area contributed by atoms with Crippen LogP contribution in [0.25, 0.3) is 0 Å². The van der Waals surface area contributed by atoms with Crippen molar-refractivity contribution in [1.82, 2.24) is 0 Å². The van der Waals surface area contributed by atoms with Gasteiger partial charge >= 0.3 is 0 Å². The average Bonchev–Trinajstić information content (AvgIpc) is 1.88. The molecule has 1 aliphatic carbocycles. The van der Waals surface area contributed by atoms with Crippen LogP contribution in [0.15, 0.2) is 0 Å². The zero-order valence-corrected chi connectivity index (χ0v) is 8.26. The SMILES string of the molecule is C[C@@H]1CC[C@@H](SP)[C@H](O)C1. The Morgan fingerprint density at radius 2 is 2.20 bits per heavy atom. The monoisotopic (exact) mass is 178 g/mol. The van der Waals surface area contributed by atoms with E-state index in [1.807, 2.05) is 0 Å². The molecule has 1 rings (SSSR count). The predicted octanol–water partition coefficient (Wildman–Crippen LogP) is 2.06. The highest BCUT2D eigenvalue weighted by Gasteiger charge is 2.25. The van der Waals surface area contributed by atoms with E-state index < -0.39 is 0 Å². The summed E-state index contributed by atoms with van der Waals surface area (Å²) in [6, 6.07) is 0. The molecule has 0 aromatic heterocycles. The highest BCUT2D eigenvalue weighted by molar-refractivity contribution is 8.44. The summed E-state index contributed by atoms with van der Waals surface area (Å²) in [5, 5.41) is 9.98. The molecule has 0 spiro atoms. The molecule has 0 aromatic rings. The second-order valence-corrected chi connectivity index (χ2v) is 4.85. The summed E-state index contributed by atoms with van der Waals surface area (Å²) in [5.41, 5.74) is 0. The van der Waals surface area contributed by atoms with E-state index in [1.54, 1.807) is 11.4 Å². The van der Waals surface area contributed by atoms with Crippen molar-refractivity contribution in [3.8, 4) is 0 Å². The topological polar surface area (TPSA) is 20.2 Å². The number of aliphatic hydroxyl groups excluding tert-OH is 1. The summed E-state index contributed by atoms with van der Waals surface area (Å²) in [4.78, 5) is 0. The summed E-state index contributed by atoms with van der Waals surface area (Å²) in [7, 11) is 2.64. The van der Waals surface area contributed by atoms with Crippen LogP contribution in [0.4, 0.5) is 0 Å². The molecule has 0 heterocycles. The summed E-state index contributed by atoms with van der Waals surface area (Å²) in [6.45, 7) is 2.22. The Balaban J connectivity index is 2.36. The lowest BCUT2D eigenvalue weighted by atomic mass is 9.88. The molecule has 0 radical (unpaired) electrons. The van der Waals surface area contributed by atoms with Crippen molar-refractivity contribution in [2.75, 3.05) is 0 Å². The predicted molar refractivity (Wildman–Crippen MR) is 50.1 cm³/mol. The van der Waals surface area contributed by atoms with Gasteiger partial charge in [0.1, 0.15) is 0 Å². The van der Waals surface area contributed by atoms with Crippen LogP contribution in [-0.4, -0.2) is 16.5 Å². The zero-order valence-electron chi connectivity index (χ0n) is 6.29. The Bertz CT molecular complexity index is 110. The molecule has 1 nitrogen and oxygen atoms in total. The molecule has 1 N–H and O–H groups in total. The Morgan fingerprint density at radius 1 is 1.50 bits per heavy atom. The van der Waals surface area contributed by atoms with Crippen molar-refractivity contribution < 1.29 is 5.11 Å². The van der Waals surface area contributed by atoms with E-state index in [-0.39, 0.29) is 6.10 Å². The van der Waals surface area contributed by atoms with Gasteiger partial charge in [0, 0.05) is 5.25 Å². The third-order valence-corrected chi connectivity index (χ3v) is 4.14. The largest absolute Gasteiger partial charge is 0.392 e. The fourth-order valence-corrected chi connectivity index (χ4v) is 3.00. The van der Waals surface area contributed by atoms with E-state index in [0.29, 0.717) is 5.25 Å². The normalized spacial score (nSPS) is 41.7. The number of hydrogen-bond acceptors (Lipinski definition) is 2. The Hall–Kier alpha value is 0.740. The van der Waals surface area contributed by atoms with Crippen molar-refractivity contribution in [2.24, 2.45) is 5.92 Å². The van der Waals surface area contributed by atoms with E-state index in [0.717, 1.165) is 12.3 Å². The van der Waals surface area contributed by atoms with Gasteiger partial charge in [0.2, 0.25) is 0 Å². The Morgan fingerprint density at radius 3 is 2.70 bits per heavy atom. The lowest BCUT2D eigenvalue weighted by Gasteiger charge is -2.29. The van der Waals surface area contributed by atoms with Crippen LogP contribution in [0.2, 0.25) is 0 Å². The van der Waals surface area contributed by atoms with Gasteiger partial charge in [-0.2, -0.15) is 0 Å². The van der Waals surface area contributed by atoms with Crippen molar-refractivity contribution >= 4 is 19.8 Å². The van der Waals surface area contributed by atoms with Crippen LogP contribution >= 0.6 is 19.8 Å². The highest BCUT2D eigenvalue weighted by Crippen LogP contribution is 2.34. The highest BCUT2D eigenvalue weighted by atomic mass is 32.7. The molecule has 0 bridgehead atoms. The number of aliphatic hydroxyl groups is 1. The molecule has 0 aliphatic heterocycles. The van der Waals surface area contributed by atoms with Crippen LogP contribution in [0.5, 0.6) is 0 Å². The van der Waals surface area contributed by atoms with Crippen LogP contribution in [0, 0.1) is 5.92 Å². The van der Waals surface area contributed by atoms with Gasteiger partial charge in [-0.3, -0.25) is 0 Å². The van der Waals surface area contributed by atoms with Gasteiger partial charge < -0.3 is 5.11 Å². The first-order chi connectivity index (χ1) is 4.74. The third-order valence-electron chi connectivity index (χ3n) is 2.19. The number of hydrogen-bond donors (Lipinski definition) is 1. The zero-order chi connectivity index (χ0) is 7.56. The molecule has 1 aliphatic rings. The molecule has 10 heavy (non-hydrogen) atoms. The van der Waals surface area contributed by atoms with Gasteiger partial charge in [0.25, 0.3) is 0 Å². The average molecular weight is 178 g/mol. The summed E-state index contributed by atoms with van der Waals surface area (Å²) in [6.07, 6.45) is 3.39. The quantitative estimate of drug-likeness (QED) is 0.620. The second-order valence-electron chi connectivity index (χ2n) is 3.16. The molecule has 1 fully saturated rings. The smallest absolute Gasteiger partial charge is 0.0664 e. The van der Waals surface area contributed by atoms with E-state index in [2.05, 4.69) is 15.4 Å². The second kappa shape index (κ2) is 3.94. The molecule has 1 saturated carbocycles. The minimum atomic E-state index is -0.0637. The van der Waals surface area contributed by atoms with Gasteiger partial charge in [-0.25, -0.2) is 0 Å². The first kappa shape index (κ1) is 8.83. The van der Waals surface area contributed by atoms with Gasteiger partial charge in [0.05, 0.1) is 6.10 Å². The first-order valence-corrected chi connectivity index (χ1v) is 6.13. The molecule has 1 unspecified atom stereocenters. The molecular formula is C7H15OPS. The fourth-order valence-electron chi connectivity index (χ4n) is 1.48. The van der Waals surface area contributed by atoms with Crippen LogP contribution in [-0.2, 0) is 0 Å². The minimum absolute atomic E-state index is 0.0637. The lowest BCUT2D eigenvalue weighted by molar-refractivity contribution is 0.113. The molecule has 0 aromatic carbocycles. The number of rotatable bonds is 1. The molecule has 0 amide bonds. The van der Waals surface area contributed by atoms with Crippen LogP contribution in [0.3, 0.4) is 0 Å². The summed E-state index contributed by atoms with van der Waals surface area (Å²) < 4.78 is 0. The Labute approximate surface area is 68.9 Å². The van der Waals surface area contributed by atoms with Crippen LogP contribution < -0.4 is 0 Å². The lowest BCUT2D eigenvalue weighted by Crippen LogP contribution is -2.29.